The van der Waals surface area contributed by atoms with Crippen molar-refractivity contribution >= 4 is 16.5 Å². The minimum atomic E-state index is -1.15. The first-order chi connectivity index (χ1) is 8.69. The highest BCUT2D eigenvalue weighted by Crippen LogP contribution is 2.24. The molecule has 0 aromatic heterocycles. The first kappa shape index (κ1) is 14.9. The van der Waals surface area contributed by atoms with E-state index in [1.807, 2.05) is 0 Å². The standard InChI is InChI=1S/C12H19NO4S/c1-15-5-6-17-7-8-18(14)12-4-3-10(13)9-11(12)16-2/h3-4,9H,5-8,13H2,1-2H3. The summed E-state index contributed by atoms with van der Waals surface area (Å²) >= 11 is 0. The highest BCUT2D eigenvalue weighted by molar-refractivity contribution is 7.85. The predicted molar refractivity (Wildman–Crippen MR) is 71.4 cm³/mol. The normalized spacial score (nSPS) is 12.3. The molecule has 0 amide bonds. The Morgan fingerprint density at radius 3 is 2.67 bits per heavy atom. The van der Waals surface area contributed by atoms with Crippen molar-refractivity contribution in [2.24, 2.45) is 0 Å². The van der Waals surface area contributed by atoms with Crippen LogP contribution in [0.5, 0.6) is 5.75 Å². The molecule has 18 heavy (non-hydrogen) atoms. The third kappa shape index (κ3) is 4.64. The molecule has 1 atom stereocenters. The third-order valence-electron chi connectivity index (χ3n) is 2.28. The van der Waals surface area contributed by atoms with Crippen LogP contribution in [0.4, 0.5) is 5.69 Å². The van der Waals surface area contributed by atoms with E-state index in [0.29, 0.717) is 41.9 Å². The molecule has 0 saturated heterocycles. The molecule has 1 aromatic rings. The van der Waals surface area contributed by atoms with Crippen LogP contribution >= 0.6 is 0 Å². The second kappa shape index (κ2) is 8.07. The summed E-state index contributed by atoms with van der Waals surface area (Å²) in [6, 6.07) is 5.10. The minimum Gasteiger partial charge on any atom is -0.495 e. The van der Waals surface area contributed by atoms with Crippen LogP contribution in [-0.4, -0.2) is 44.0 Å². The van der Waals surface area contributed by atoms with Gasteiger partial charge in [0.25, 0.3) is 0 Å². The zero-order valence-electron chi connectivity index (χ0n) is 10.7. The van der Waals surface area contributed by atoms with Crippen LogP contribution < -0.4 is 10.5 Å². The lowest BCUT2D eigenvalue weighted by molar-refractivity contribution is 0.0787. The first-order valence-electron chi connectivity index (χ1n) is 5.57. The lowest BCUT2D eigenvalue weighted by Gasteiger charge is -2.09. The number of nitrogens with two attached hydrogens (primary N) is 1. The molecule has 0 bridgehead atoms. The number of nitrogen functional groups attached to an aromatic ring is 1. The minimum absolute atomic E-state index is 0.420. The van der Waals surface area contributed by atoms with Gasteiger partial charge in [0.2, 0.25) is 0 Å². The van der Waals surface area contributed by atoms with Crippen molar-refractivity contribution < 1.29 is 18.4 Å². The van der Waals surface area contributed by atoms with Gasteiger partial charge in [-0.05, 0) is 12.1 Å². The fourth-order valence-electron chi connectivity index (χ4n) is 1.36. The van der Waals surface area contributed by atoms with Gasteiger partial charge >= 0.3 is 0 Å². The van der Waals surface area contributed by atoms with Gasteiger partial charge in [0, 0.05) is 18.9 Å². The van der Waals surface area contributed by atoms with Gasteiger partial charge in [0.05, 0.1) is 48.4 Å². The summed E-state index contributed by atoms with van der Waals surface area (Å²) in [6.07, 6.45) is 0. The maximum atomic E-state index is 12.0. The van der Waals surface area contributed by atoms with Crippen LogP contribution in [0.3, 0.4) is 0 Å². The lowest BCUT2D eigenvalue weighted by atomic mass is 10.3. The maximum Gasteiger partial charge on any atom is 0.137 e. The quantitative estimate of drug-likeness (QED) is 0.566. The van der Waals surface area contributed by atoms with E-state index in [0.717, 1.165) is 0 Å². The van der Waals surface area contributed by atoms with E-state index < -0.39 is 10.8 Å². The van der Waals surface area contributed by atoms with Crippen LogP contribution in [0.25, 0.3) is 0 Å². The number of hydrogen-bond donors (Lipinski definition) is 1. The Morgan fingerprint density at radius 2 is 2.00 bits per heavy atom. The Hall–Kier alpha value is -1.11. The van der Waals surface area contributed by atoms with Crippen molar-refractivity contribution in [2.45, 2.75) is 4.90 Å². The number of ether oxygens (including phenoxy) is 3. The van der Waals surface area contributed by atoms with Crippen LogP contribution in [0.2, 0.25) is 0 Å². The molecule has 102 valence electrons. The fourth-order valence-corrected chi connectivity index (χ4v) is 2.44. The number of hydrogen-bond acceptors (Lipinski definition) is 5. The van der Waals surface area contributed by atoms with Gasteiger partial charge in [-0.1, -0.05) is 0 Å². The highest BCUT2D eigenvalue weighted by atomic mass is 32.2. The van der Waals surface area contributed by atoms with Gasteiger partial charge in [-0.2, -0.15) is 0 Å². The number of methoxy groups -OCH3 is 2. The second-order valence-electron chi connectivity index (χ2n) is 3.57. The first-order valence-corrected chi connectivity index (χ1v) is 6.89. The Morgan fingerprint density at radius 1 is 1.22 bits per heavy atom. The van der Waals surface area contributed by atoms with E-state index in [1.54, 1.807) is 25.3 Å². The summed E-state index contributed by atoms with van der Waals surface area (Å²) in [6.45, 7) is 1.47. The van der Waals surface area contributed by atoms with Crippen LogP contribution in [0, 0.1) is 0 Å². The van der Waals surface area contributed by atoms with E-state index in [4.69, 9.17) is 19.9 Å². The molecule has 0 radical (unpaired) electrons. The van der Waals surface area contributed by atoms with E-state index in [1.165, 1.54) is 7.11 Å². The molecule has 0 aliphatic rings. The summed E-state index contributed by atoms with van der Waals surface area (Å²) in [7, 11) is 1.99. The molecule has 0 aliphatic heterocycles. The van der Waals surface area contributed by atoms with Crippen molar-refractivity contribution in [3.63, 3.8) is 0 Å². The molecule has 0 heterocycles. The van der Waals surface area contributed by atoms with Gasteiger partial charge in [0.1, 0.15) is 5.75 Å². The van der Waals surface area contributed by atoms with Gasteiger partial charge in [-0.3, -0.25) is 4.21 Å². The van der Waals surface area contributed by atoms with Crippen LogP contribution in [-0.2, 0) is 20.3 Å². The summed E-state index contributed by atoms with van der Waals surface area (Å²) in [4.78, 5) is 0.641. The molecule has 1 aromatic carbocycles. The maximum absolute atomic E-state index is 12.0. The Balaban J connectivity index is 2.51. The Kier molecular flexibility index (Phi) is 6.70. The molecule has 1 unspecified atom stereocenters. The monoisotopic (exact) mass is 273 g/mol. The molecule has 0 fully saturated rings. The molecule has 5 nitrogen and oxygen atoms in total. The van der Waals surface area contributed by atoms with Crippen molar-refractivity contribution in [1.29, 1.82) is 0 Å². The molecule has 6 heteroatoms. The highest BCUT2D eigenvalue weighted by Gasteiger charge is 2.10. The molecule has 0 aliphatic carbocycles. The van der Waals surface area contributed by atoms with E-state index in [9.17, 15) is 4.21 Å². The lowest BCUT2D eigenvalue weighted by Crippen LogP contribution is -2.10. The van der Waals surface area contributed by atoms with Crippen molar-refractivity contribution in [2.75, 3.05) is 45.5 Å². The third-order valence-corrected chi connectivity index (χ3v) is 3.64. The zero-order valence-corrected chi connectivity index (χ0v) is 11.5. The van der Waals surface area contributed by atoms with Crippen molar-refractivity contribution in [1.82, 2.24) is 0 Å². The van der Waals surface area contributed by atoms with E-state index in [-0.39, 0.29) is 0 Å². The number of benzene rings is 1. The van der Waals surface area contributed by atoms with Crippen LogP contribution in [0.15, 0.2) is 23.1 Å². The summed E-state index contributed by atoms with van der Waals surface area (Å²) in [5, 5.41) is 0. The second-order valence-corrected chi connectivity index (χ2v) is 5.10. The smallest absolute Gasteiger partial charge is 0.137 e. The van der Waals surface area contributed by atoms with Crippen molar-refractivity contribution in [3.05, 3.63) is 18.2 Å². The SMILES string of the molecule is COCCOCCS(=O)c1ccc(N)cc1OC. The number of rotatable bonds is 8. The summed E-state index contributed by atoms with van der Waals surface area (Å²) in [5.74, 6) is 0.967. The summed E-state index contributed by atoms with van der Waals surface area (Å²) < 4.78 is 27.3. The molecule has 1 rings (SSSR count). The van der Waals surface area contributed by atoms with E-state index in [2.05, 4.69) is 0 Å². The van der Waals surface area contributed by atoms with E-state index >= 15 is 0 Å². The van der Waals surface area contributed by atoms with Gasteiger partial charge < -0.3 is 19.9 Å². The topological polar surface area (TPSA) is 70.8 Å². The zero-order chi connectivity index (χ0) is 13.4. The number of anilines is 1. The van der Waals surface area contributed by atoms with Crippen LogP contribution in [0.1, 0.15) is 0 Å². The average molecular weight is 273 g/mol. The predicted octanol–water partition coefficient (Wildman–Crippen LogP) is 1.05. The fraction of sp³-hybridized carbons (Fsp3) is 0.500. The molecular formula is C12H19NO4S. The molecular weight excluding hydrogens is 254 g/mol. The molecule has 0 spiro atoms. The van der Waals surface area contributed by atoms with Crippen molar-refractivity contribution in [3.8, 4) is 5.75 Å². The average Bonchev–Trinajstić information content (AvgIpc) is 2.38. The molecule has 0 saturated carbocycles. The van der Waals surface area contributed by atoms with Gasteiger partial charge in [-0.15, -0.1) is 0 Å². The van der Waals surface area contributed by atoms with Gasteiger partial charge in [-0.25, -0.2) is 0 Å². The Labute approximate surface area is 110 Å². The largest absolute Gasteiger partial charge is 0.495 e. The Bertz CT molecular complexity index is 398. The van der Waals surface area contributed by atoms with Gasteiger partial charge in [0.15, 0.2) is 0 Å². The summed E-state index contributed by atoms with van der Waals surface area (Å²) in [5.41, 5.74) is 6.23. The molecule has 2 N–H and O–H groups in total.